The number of methoxy groups -OCH3 is 1. The number of rotatable bonds is 6. The highest BCUT2D eigenvalue weighted by molar-refractivity contribution is 7.15. The smallest absolute Gasteiger partial charge is 0.226 e. The van der Waals surface area contributed by atoms with E-state index in [2.05, 4.69) is 15.5 Å². The average Bonchev–Trinajstić information content (AvgIpc) is 3.26. The van der Waals surface area contributed by atoms with E-state index >= 15 is 0 Å². The Morgan fingerprint density at radius 2 is 2.29 bits per heavy atom. The summed E-state index contributed by atoms with van der Waals surface area (Å²) in [5, 5.41) is 12.6. The number of nitrogens with zero attached hydrogens (tertiary/aromatic N) is 2. The van der Waals surface area contributed by atoms with Crippen LogP contribution in [0.3, 0.4) is 0 Å². The zero-order valence-corrected chi connectivity index (χ0v) is 12.7. The minimum atomic E-state index is -0.0312. The Morgan fingerprint density at radius 3 is 3.05 bits per heavy atom. The molecule has 0 radical (unpaired) electrons. The Labute approximate surface area is 127 Å². The summed E-state index contributed by atoms with van der Waals surface area (Å²) in [6.45, 7) is 0. The summed E-state index contributed by atoms with van der Waals surface area (Å²) in [5.74, 6) is 1.35. The molecule has 110 valence electrons. The molecule has 0 spiro atoms. The summed E-state index contributed by atoms with van der Waals surface area (Å²) in [6.07, 6.45) is 3.49. The third-order valence-electron chi connectivity index (χ3n) is 3.39. The molecule has 1 saturated carbocycles. The minimum absolute atomic E-state index is 0.0312. The zero-order valence-electron chi connectivity index (χ0n) is 11.8. The van der Waals surface area contributed by atoms with Gasteiger partial charge in [0.1, 0.15) is 10.8 Å². The highest BCUT2D eigenvalue weighted by Crippen LogP contribution is 2.42. The molecule has 0 unspecified atom stereocenters. The largest absolute Gasteiger partial charge is 0.497 e. The Hall–Kier alpha value is -1.95. The van der Waals surface area contributed by atoms with Crippen molar-refractivity contribution in [2.75, 3.05) is 12.4 Å². The van der Waals surface area contributed by atoms with Crippen molar-refractivity contribution in [3.05, 3.63) is 34.8 Å². The van der Waals surface area contributed by atoms with Gasteiger partial charge in [-0.2, -0.15) is 0 Å². The van der Waals surface area contributed by atoms with Crippen molar-refractivity contribution in [1.82, 2.24) is 10.2 Å². The first-order valence-electron chi connectivity index (χ1n) is 7.01. The molecule has 5 nitrogen and oxygen atoms in total. The molecule has 2 aromatic rings. The standard InChI is InChI=1S/C15H17N3O2S/c1-20-12-4-2-3-10(9-12)5-8-13(19)16-15-18-17-14(21-15)11-6-7-11/h2-4,9,11H,5-8H2,1H3,(H,16,18,19). The van der Waals surface area contributed by atoms with Gasteiger partial charge in [-0.05, 0) is 37.0 Å². The lowest BCUT2D eigenvalue weighted by molar-refractivity contribution is -0.116. The molecule has 6 heteroatoms. The van der Waals surface area contributed by atoms with Crippen molar-refractivity contribution in [2.24, 2.45) is 0 Å². The molecule has 1 N–H and O–H groups in total. The summed E-state index contributed by atoms with van der Waals surface area (Å²) >= 11 is 1.49. The molecular formula is C15H17N3O2S. The maximum Gasteiger partial charge on any atom is 0.226 e. The van der Waals surface area contributed by atoms with Gasteiger partial charge in [-0.3, -0.25) is 4.79 Å². The molecule has 1 aliphatic rings. The average molecular weight is 303 g/mol. The molecule has 1 aromatic carbocycles. The highest BCUT2D eigenvalue weighted by atomic mass is 32.1. The molecule has 1 aromatic heterocycles. The Bertz CT molecular complexity index is 637. The molecular weight excluding hydrogens is 286 g/mol. The summed E-state index contributed by atoms with van der Waals surface area (Å²) in [4.78, 5) is 11.9. The van der Waals surface area contributed by atoms with E-state index in [-0.39, 0.29) is 5.91 Å². The van der Waals surface area contributed by atoms with E-state index in [0.29, 0.717) is 23.9 Å². The van der Waals surface area contributed by atoms with E-state index in [9.17, 15) is 4.79 Å². The zero-order chi connectivity index (χ0) is 14.7. The van der Waals surface area contributed by atoms with Crippen LogP contribution in [0, 0.1) is 0 Å². The Balaban J connectivity index is 1.51. The summed E-state index contributed by atoms with van der Waals surface area (Å²) < 4.78 is 5.17. The van der Waals surface area contributed by atoms with Gasteiger partial charge in [0.05, 0.1) is 7.11 Å². The predicted molar refractivity (Wildman–Crippen MR) is 81.8 cm³/mol. The van der Waals surface area contributed by atoms with E-state index < -0.39 is 0 Å². The minimum Gasteiger partial charge on any atom is -0.497 e. The fourth-order valence-electron chi connectivity index (χ4n) is 2.05. The van der Waals surface area contributed by atoms with Crippen LogP contribution in [0.25, 0.3) is 0 Å². The number of hydrogen-bond acceptors (Lipinski definition) is 5. The van der Waals surface area contributed by atoms with Crippen LogP contribution < -0.4 is 10.1 Å². The number of nitrogens with one attached hydrogen (secondary N) is 1. The third-order valence-corrected chi connectivity index (χ3v) is 4.39. The lowest BCUT2D eigenvalue weighted by atomic mass is 10.1. The first-order valence-corrected chi connectivity index (χ1v) is 7.82. The fraction of sp³-hybridized carbons (Fsp3) is 0.400. The maximum atomic E-state index is 11.9. The van der Waals surface area contributed by atoms with Gasteiger partial charge in [-0.15, -0.1) is 10.2 Å². The Kier molecular flexibility index (Phi) is 4.15. The molecule has 0 bridgehead atoms. The van der Waals surface area contributed by atoms with Crippen LogP contribution in [0.15, 0.2) is 24.3 Å². The molecule has 1 fully saturated rings. The van der Waals surface area contributed by atoms with Gasteiger partial charge in [-0.1, -0.05) is 23.5 Å². The second-order valence-corrected chi connectivity index (χ2v) is 6.13. The second-order valence-electron chi connectivity index (χ2n) is 5.12. The molecule has 1 aliphatic carbocycles. The first-order chi connectivity index (χ1) is 10.2. The van der Waals surface area contributed by atoms with E-state index in [1.807, 2.05) is 24.3 Å². The van der Waals surface area contributed by atoms with Gasteiger partial charge in [0, 0.05) is 12.3 Å². The molecule has 3 rings (SSSR count). The van der Waals surface area contributed by atoms with Gasteiger partial charge >= 0.3 is 0 Å². The summed E-state index contributed by atoms with van der Waals surface area (Å²) in [7, 11) is 1.64. The van der Waals surface area contributed by atoms with Gasteiger partial charge in [0.15, 0.2) is 0 Å². The first kappa shape index (κ1) is 14.0. The number of anilines is 1. The van der Waals surface area contributed by atoms with Crippen LogP contribution in [0.5, 0.6) is 5.75 Å². The van der Waals surface area contributed by atoms with Crippen molar-refractivity contribution in [2.45, 2.75) is 31.6 Å². The van der Waals surface area contributed by atoms with Crippen molar-refractivity contribution in [1.29, 1.82) is 0 Å². The normalized spacial score (nSPS) is 14.0. The van der Waals surface area contributed by atoms with Crippen LogP contribution >= 0.6 is 11.3 Å². The van der Waals surface area contributed by atoms with Crippen molar-refractivity contribution < 1.29 is 9.53 Å². The van der Waals surface area contributed by atoms with Crippen LogP contribution in [0.1, 0.15) is 35.8 Å². The number of carbonyl (C=O) groups excluding carboxylic acids is 1. The number of amides is 1. The van der Waals surface area contributed by atoms with E-state index in [0.717, 1.165) is 16.3 Å². The maximum absolute atomic E-state index is 11.9. The van der Waals surface area contributed by atoms with Crippen LogP contribution in [0.4, 0.5) is 5.13 Å². The second kappa shape index (κ2) is 6.22. The van der Waals surface area contributed by atoms with E-state index in [1.165, 1.54) is 24.2 Å². The topological polar surface area (TPSA) is 64.1 Å². The molecule has 1 heterocycles. The van der Waals surface area contributed by atoms with Crippen LogP contribution in [-0.4, -0.2) is 23.2 Å². The quantitative estimate of drug-likeness (QED) is 0.891. The molecule has 0 atom stereocenters. The number of benzene rings is 1. The number of aryl methyl sites for hydroxylation is 1. The van der Waals surface area contributed by atoms with Crippen LogP contribution in [-0.2, 0) is 11.2 Å². The summed E-state index contributed by atoms with van der Waals surface area (Å²) in [5.41, 5.74) is 1.08. The molecule has 1 amide bonds. The Morgan fingerprint density at radius 1 is 1.43 bits per heavy atom. The van der Waals surface area contributed by atoms with Crippen molar-refractivity contribution in [3.8, 4) is 5.75 Å². The van der Waals surface area contributed by atoms with E-state index in [4.69, 9.17) is 4.74 Å². The number of aromatic nitrogens is 2. The predicted octanol–water partition coefficient (Wildman–Crippen LogP) is 3.00. The van der Waals surface area contributed by atoms with Crippen molar-refractivity contribution in [3.63, 3.8) is 0 Å². The highest BCUT2D eigenvalue weighted by Gasteiger charge is 2.27. The van der Waals surface area contributed by atoms with Crippen molar-refractivity contribution >= 4 is 22.4 Å². The monoisotopic (exact) mass is 303 g/mol. The molecule has 21 heavy (non-hydrogen) atoms. The van der Waals surface area contributed by atoms with Gasteiger partial charge < -0.3 is 10.1 Å². The van der Waals surface area contributed by atoms with E-state index in [1.54, 1.807) is 7.11 Å². The SMILES string of the molecule is COc1cccc(CCC(=O)Nc2nnc(C3CC3)s2)c1. The van der Waals surface area contributed by atoms with Gasteiger partial charge in [-0.25, -0.2) is 0 Å². The number of hydrogen-bond donors (Lipinski definition) is 1. The van der Waals surface area contributed by atoms with Crippen LogP contribution in [0.2, 0.25) is 0 Å². The molecule has 0 aliphatic heterocycles. The third kappa shape index (κ3) is 3.78. The lowest BCUT2D eigenvalue weighted by Crippen LogP contribution is -2.12. The lowest BCUT2D eigenvalue weighted by Gasteiger charge is -2.04. The summed E-state index contributed by atoms with van der Waals surface area (Å²) in [6, 6.07) is 7.76. The number of ether oxygens (including phenoxy) is 1. The molecule has 0 saturated heterocycles. The van der Waals surface area contributed by atoms with Gasteiger partial charge in [0.25, 0.3) is 0 Å². The van der Waals surface area contributed by atoms with Gasteiger partial charge in [0.2, 0.25) is 11.0 Å². The fourth-order valence-corrected chi connectivity index (χ4v) is 2.98. The number of carbonyl (C=O) groups is 1.